The molecule has 0 radical (unpaired) electrons. The van der Waals surface area contributed by atoms with Crippen molar-refractivity contribution >= 4 is 29.3 Å². The quantitative estimate of drug-likeness (QED) is 0.600. The van der Waals surface area contributed by atoms with Crippen LogP contribution in [0.2, 0.25) is 0 Å². The zero-order valence-corrected chi connectivity index (χ0v) is 16.6. The van der Waals surface area contributed by atoms with Gasteiger partial charge in [-0.3, -0.25) is 9.59 Å². The van der Waals surface area contributed by atoms with E-state index in [0.717, 1.165) is 21.8 Å². The number of thioether (sulfide) groups is 1. The molecule has 0 aliphatic heterocycles. The second kappa shape index (κ2) is 9.23. The highest BCUT2D eigenvalue weighted by Crippen LogP contribution is 2.25. The van der Waals surface area contributed by atoms with Gasteiger partial charge < -0.3 is 10.6 Å². The summed E-state index contributed by atoms with van der Waals surface area (Å²) < 4.78 is 1.79. The van der Waals surface area contributed by atoms with Gasteiger partial charge in [0.1, 0.15) is 0 Å². The van der Waals surface area contributed by atoms with Crippen molar-refractivity contribution in [3.63, 3.8) is 0 Å². The highest BCUT2D eigenvalue weighted by molar-refractivity contribution is 8.00. The number of amides is 2. The van der Waals surface area contributed by atoms with Crippen LogP contribution in [0.4, 0.5) is 5.69 Å². The third kappa shape index (κ3) is 5.47. The molecule has 0 aliphatic rings. The summed E-state index contributed by atoms with van der Waals surface area (Å²) in [5.74, 6) is -0.146. The first-order valence-electron chi connectivity index (χ1n) is 8.92. The minimum atomic E-state index is -0.240. The van der Waals surface area contributed by atoms with Gasteiger partial charge in [0.15, 0.2) is 0 Å². The van der Waals surface area contributed by atoms with Crippen LogP contribution in [0.15, 0.2) is 71.9 Å². The zero-order valence-electron chi connectivity index (χ0n) is 15.8. The van der Waals surface area contributed by atoms with Crippen LogP contribution in [0.3, 0.4) is 0 Å². The first-order chi connectivity index (χ1) is 13.5. The van der Waals surface area contributed by atoms with Crippen molar-refractivity contribution in [2.45, 2.75) is 30.5 Å². The molecule has 144 valence electrons. The van der Waals surface area contributed by atoms with Crippen LogP contribution in [0.25, 0.3) is 5.69 Å². The second-order valence-electron chi connectivity index (χ2n) is 6.31. The topological polar surface area (TPSA) is 76.0 Å². The number of nitrogens with zero attached hydrogens (tertiary/aromatic N) is 2. The fraction of sp³-hybridized carbons (Fsp3) is 0.190. The van der Waals surface area contributed by atoms with Crippen molar-refractivity contribution in [1.29, 1.82) is 0 Å². The smallest absolute Gasteiger partial charge is 0.233 e. The fourth-order valence-corrected chi connectivity index (χ4v) is 3.48. The van der Waals surface area contributed by atoms with E-state index >= 15 is 0 Å². The molecule has 1 unspecified atom stereocenters. The number of carbonyl (C=O) groups excluding carboxylic acids is 2. The van der Waals surface area contributed by atoms with Crippen LogP contribution in [-0.2, 0) is 16.1 Å². The van der Waals surface area contributed by atoms with Gasteiger partial charge in [0.2, 0.25) is 11.8 Å². The molecule has 2 aromatic carbocycles. The van der Waals surface area contributed by atoms with E-state index in [2.05, 4.69) is 15.7 Å². The number of anilines is 1. The predicted octanol–water partition coefficient (Wildman–Crippen LogP) is 3.63. The summed E-state index contributed by atoms with van der Waals surface area (Å²) in [5.41, 5.74) is 2.66. The molecule has 7 heteroatoms. The molecule has 0 saturated carbocycles. The lowest BCUT2D eigenvalue weighted by Crippen LogP contribution is -2.30. The molecule has 0 fully saturated rings. The zero-order chi connectivity index (χ0) is 19.9. The average molecular weight is 395 g/mol. The third-order valence-electron chi connectivity index (χ3n) is 3.98. The van der Waals surface area contributed by atoms with Gasteiger partial charge in [0.25, 0.3) is 0 Å². The first-order valence-corrected chi connectivity index (χ1v) is 9.80. The molecule has 28 heavy (non-hydrogen) atoms. The Kier molecular flexibility index (Phi) is 6.49. The number of hydrogen-bond acceptors (Lipinski definition) is 4. The van der Waals surface area contributed by atoms with E-state index in [9.17, 15) is 9.59 Å². The molecule has 6 nitrogen and oxygen atoms in total. The minimum Gasteiger partial charge on any atom is -0.351 e. The first kappa shape index (κ1) is 19.7. The van der Waals surface area contributed by atoms with Crippen LogP contribution >= 0.6 is 11.8 Å². The van der Waals surface area contributed by atoms with Gasteiger partial charge in [-0.1, -0.05) is 18.2 Å². The van der Waals surface area contributed by atoms with E-state index in [1.54, 1.807) is 10.9 Å². The van der Waals surface area contributed by atoms with Gasteiger partial charge in [-0.05, 0) is 43.3 Å². The monoisotopic (exact) mass is 394 g/mol. The molecular formula is C21H22N4O2S. The molecule has 0 saturated heterocycles. The highest BCUT2D eigenvalue weighted by Gasteiger charge is 2.14. The number of carbonyl (C=O) groups is 2. The Balaban J connectivity index is 1.50. The third-order valence-corrected chi connectivity index (χ3v) is 5.09. The number of rotatable bonds is 7. The van der Waals surface area contributed by atoms with Gasteiger partial charge in [-0.15, -0.1) is 11.8 Å². The maximum atomic E-state index is 12.4. The van der Waals surface area contributed by atoms with E-state index in [4.69, 9.17) is 0 Å². The molecule has 0 spiro atoms. The van der Waals surface area contributed by atoms with Crippen molar-refractivity contribution in [2.75, 3.05) is 5.32 Å². The van der Waals surface area contributed by atoms with Gasteiger partial charge in [0.05, 0.1) is 17.1 Å². The molecule has 1 aromatic heterocycles. The summed E-state index contributed by atoms with van der Waals surface area (Å²) in [5, 5.41) is 9.77. The van der Waals surface area contributed by atoms with Crippen LogP contribution in [0.1, 0.15) is 19.4 Å². The summed E-state index contributed by atoms with van der Waals surface area (Å²) >= 11 is 1.47. The SMILES string of the molecule is CC(=O)Nc1ccc(SC(C)C(=O)NCc2cnn(-c3ccccc3)c2)cc1. The molecule has 3 aromatic rings. The van der Waals surface area contributed by atoms with Gasteiger partial charge in [-0.25, -0.2) is 4.68 Å². The summed E-state index contributed by atoms with van der Waals surface area (Å²) in [6, 6.07) is 17.3. The Bertz CT molecular complexity index is 939. The Morgan fingerprint density at radius 3 is 2.50 bits per heavy atom. The van der Waals surface area contributed by atoms with Crippen LogP contribution in [0.5, 0.6) is 0 Å². The van der Waals surface area contributed by atoms with E-state index in [1.165, 1.54) is 18.7 Å². The highest BCUT2D eigenvalue weighted by atomic mass is 32.2. The Hall–Kier alpha value is -3.06. The van der Waals surface area contributed by atoms with E-state index in [0.29, 0.717) is 6.54 Å². The van der Waals surface area contributed by atoms with E-state index in [1.807, 2.05) is 67.7 Å². The lowest BCUT2D eigenvalue weighted by atomic mass is 10.3. The predicted molar refractivity (Wildman–Crippen MR) is 111 cm³/mol. The van der Waals surface area contributed by atoms with Crippen molar-refractivity contribution < 1.29 is 9.59 Å². The van der Waals surface area contributed by atoms with Crippen molar-refractivity contribution in [3.8, 4) is 5.69 Å². The number of nitrogens with one attached hydrogen (secondary N) is 2. The molecule has 2 amide bonds. The maximum Gasteiger partial charge on any atom is 0.233 e. The number of para-hydroxylation sites is 1. The lowest BCUT2D eigenvalue weighted by Gasteiger charge is -2.12. The van der Waals surface area contributed by atoms with E-state index < -0.39 is 0 Å². The molecule has 0 aliphatic carbocycles. The van der Waals surface area contributed by atoms with Crippen molar-refractivity contribution in [3.05, 3.63) is 72.6 Å². The van der Waals surface area contributed by atoms with E-state index in [-0.39, 0.29) is 17.1 Å². The summed E-state index contributed by atoms with van der Waals surface area (Å²) in [6.45, 7) is 3.77. The normalized spacial score (nSPS) is 11.6. The summed E-state index contributed by atoms with van der Waals surface area (Å²) in [7, 11) is 0. The number of hydrogen-bond donors (Lipinski definition) is 2. The molecule has 0 bridgehead atoms. The molecule has 1 heterocycles. The summed E-state index contributed by atoms with van der Waals surface area (Å²) in [4.78, 5) is 24.4. The van der Waals surface area contributed by atoms with Gasteiger partial charge >= 0.3 is 0 Å². The lowest BCUT2D eigenvalue weighted by molar-refractivity contribution is -0.120. The molecule has 2 N–H and O–H groups in total. The van der Waals surface area contributed by atoms with Crippen molar-refractivity contribution in [1.82, 2.24) is 15.1 Å². The molecule has 1 atom stereocenters. The maximum absolute atomic E-state index is 12.4. The average Bonchev–Trinajstić information content (AvgIpc) is 3.17. The molecule has 3 rings (SSSR count). The summed E-state index contributed by atoms with van der Waals surface area (Å²) in [6.07, 6.45) is 3.67. The number of benzene rings is 2. The standard InChI is InChI=1S/C21H22N4O2S/c1-15(28-20-10-8-18(9-11-20)24-16(2)26)21(27)22-12-17-13-23-25(14-17)19-6-4-3-5-7-19/h3-11,13-15H,12H2,1-2H3,(H,22,27)(H,24,26). The Morgan fingerprint density at radius 1 is 1.11 bits per heavy atom. The number of aromatic nitrogens is 2. The van der Waals surface area contributed by atoms with Crippen LogP contribution in [0, 0.1) is 0 Å². The van der Waals surface area contributed by atoms with Crippen LogP contribution < -0.4 is 10.6 Å². The fourth-order valence-electron chi connectivity index (χ4n) is 2.58. The minimum absolute atomic E-state index is 0.0385. The molecular weight excluding hydrogens is 372 g/mol. The van der Waals surface area contributed by atoms with Gasteiger partial charge in [-0.2, -0.15) is 5.10 Å². The Labute approximate surface area is 168 Å². The Morgan fingerprint density at radius 2 is 1.82 bits per heavy atom. The van der Waals surface area contributed by atoms with Gasteiger partial charge in [0, 0.05) is 35.8 Å². The largest absolute Gasteiger partial charge is 0.351 e. The van der Waals surface area contributed by atoms with Crippen LogP contribution in [-0.4, -0.2) is 26.8 Å². The van der Waals surface area contributed by atoms with Crippen molar-refractivity contribution in [2.24, 2.45) is 0 Å². The second-order valence-corrected chi connectivity index (χ2v) is 7.73.